The highest BCUT2D eigenvalue weighted by Crippen LogP contribution is 2.23. The van der Waals surface area contributed by atoms with E-state index in [1.807, 2.05) is 43.3 Å². The van der Waals surface area contributed by atoms with Gasteiger partial charge in [0.25, 0.3) is 5.91 Å². The highest BCUT2D eigenvalue weighted by atomic mass is 16.3. The largest absolute Gasteiger partial charge is 0.464 e. The molecular formula is C25H25N3O4. The average Bonchev–Trinajstić information content (AvgIpc) is 3.35. The van der Waals surface area contributed by atoms with Crippen molar-refractivity contribution in [3.8, 4) is 11.3 Å². The monoisotopic (exact) mass is 431 g/mol. The van der Waals surface area contributed by atoms with Gasteiger partial charge in [-0.25, -0.2) is 0 Å². The summed E-state index contributed by atoms with van der Waals surface area (Å²) in [6.07, 6.45) is 1.59. The molecule has 2 aromatic carbocycles. The highest BCUT2D eigenvalue weighted by Gasteiger charge is 2.36. The van der Waals surface area contributed by atoms with Gasteiger partial charge in [0.1, 0.15) is 11.8 Å². The second-order valence-corrected chi connectivity index (χ2v) is 7.89. The lowest BCUT2D eigenvalue weighted by Crippen LogP contribution is -2.60. The zero-order valence-electron chi connectivity index (χ0n) is 18.1. The molecule has 1 unspecified atom stereocenters. The summed E-state index contributed by atoms with van der Waals surface area (Å²) in [6.45, 7) is 4.19. The molecule has 1 aliphatic heterocycles. The number of rotatable bonds is 4. The number of nitrogens with one attached hydrogen (secondary N) is 1. The Morgan fingerprint density at radius 3 is 2.47 bits per heavy atom. The molecule has 4 rings (SSSR count). The number of hydrogen-bond acceptors (Lipinski definition) is 4. The topological polar surface area (TPSA) is 82.9 Å². The molecule has 2 heterocycles. The van der Waals surface area contributed by atoms with E-state index in [0.29, 0.717) is 30.1 Å². The Morgan fingerprint density at radius 2 is 1.78 bits per heavy atom. The first-order valence-corrected chi connectivity index (χ1v) is 10.5. The van der Waals surface area contributed by atoms with Crippen molar-refractivity contribution in [1.29, 1.82) is 0 Å². The second kappa shape index (κ2) is 9.09. The van der Waals surface area contributed by atoms with E-state index < -0.39 is 6.04 Å². The number of benzene rings is 2. The first kappa shape index (κ1) is 21.4. The SMILES string of the molecule is CC(=O)N1CCN(C(=O)c2cccc(-c3ccco3)c2)CC1C(=O)Nc1ccc(C)cc1. The van der Waals surface area contributed by atoms with Crippen molar-refractivity contribution in [3.63, 3.8) is 0 Å². The maximum Gasteiger partial charge on any atom is 0.254 e. The molecule has 0 spiro atoms. The number of hydrogen-bond donors (Lipinski definition) is 1. The number of aryl methyl sites for hydroxylation is 1. The van der Waals surface area contributed by atoms with Crippen LogP contribution in [0, 0.1) is 6.92 Å². The van der Waals surface area contributed by atoms with Crippen molar-refractivity contribution in [2.75, 3.05) is 25.0 Å². The van der Waals surface area contributed by atoms with Gasteiger partial charge in [-0.1, -0.05) is 29.8 Å². The van der Waals surface area contributed by atoms with Crippen LogP contribution in [0.2, 0.25) is 0 Å². The van der Waals surface area contributed by atoms with E-state index in [0.717, 1.165) is 11.1 Å². The Kier molecular flexibility index (Phi) is 6.07. The standard InChI is InChI=1S/C25H25N3O4/c1-17-8-10-21(11-9-17)26-24(30)22-16-27(12-13-28(22)18(2)29)25(31)20-6-3-5-19(15-20)23-7-4-14-32-23/h3-11,14-15,22H,12-13,16H2,1-2H3,(H,26,30). The Hall–Kier alpha value is -3.87. The van der Waals surface area contributed by atoms with Gasteiger partial charge in [-0.2, -0.15) is 0 Å². The van der Waals surface area contributed by atoms with Gasteiger partial charge < -0.3 is 19.5 Å². The zero-order chi connectivity index (χ0) is 22.7. The third-order valence-corrected chi connectivity index (χ3v) is 5.61. The molecule has 7 nitrogen and oxygen atoms in total. The Labute approximate surface area is 186 Å². The van der Waals surface area contributed by atoms with E-state index in [1.165, 1.54) is 11.8 Å². The lowest BCUT2D eigenvalue weighted by atomic mass is 10.1. The highest BCUT2D eigenvalue weighted by molar-refractivity contribution is 5.99. The van der Waals surface area contributed by atoms with Gasteiger partial charge in [0.2, 0.25) is 11.8 Å². The van der Waals surface area contributed by atoms with Crippen LogP contribution in [0.3, 0.4) is 0 Å². The Bertz CT molecular complexity index is 1120. The van der Waals surface area contributed by atoms with Crippen LogP contribution in [0.25, 0.3) is 11.3 Å². The van der Waals surface area contributed by atoms with Crippen LogP contribution in [0.15, 0.2) is 71.3 Å². The average molecular weight is 431 g/mol. The summed E-state index contributed by atoms with van der Waals surface area (Å²) in [6, 6.07) is 17.5. The number of carbonyl (C=O) groups excluding carboxylic acids is 3. The van der Waals surface area contributed by atoms with Gasteiger partial charge in [-0.3, -0.25) is 14.4 Å². The third kappa shape index (κ3) is 4.56. The van der Waals surface area contributed by atoms with Crippen molar-refractivity contribution < 1.29 is 18.8 Å². The van der Waals surface area contributed by atoms with Gasteiger partial charge in [0.05, 0.1) is 12.8 Å². The number of nitrogens with zero attached hydrogens (tertiary/aromatic N) is 2. The number of piperazine rings is 1. The molecule has 3 amide bonds. The van der Waals surface area contributed by atoms with Crippen LogP contribution in [0.1, 0.15) is 22.8 Å². The summed E-state index contributed by atoms with van der Waals surface area (Å²) in [5.41, 5.74) is 3.04. The summed E-state index contributed by atoms with van der Waals surface area (Å²) in [4.78, 5) is 41.6. The van der Waals surface area contributed by atoms with Crippen molar-refractivity contribution in [2.45, 2.75) is 19.9 Å². The summed E-state index contributed by atoms with van der Waals surface area (Å²) in [7, 11) is 0. The summed E-state index contributed by atoms with van der Waals surface area (Å²) < 4.78 is 5.43. The molecule has 3 aromatic rings. The van der Waals surface area contributed by atoms with Crippen molar-refractivity contribution in [3.05, 3.63) is 78.1 Å². The van der Waals surface area contributed by atoms with Gasteiger partial charge in [-0.15, -0.1) is 0 Å². The summed E-state index contributed by atoms with van der Waals surface area (Å²) >= 11 is 0. The number of carbonyl (C=O) groups is 3. The first-order valence-electron chi connectivity index (χ1n) is 10.5. The molecule has 1 fully saturated rings. The molecule has 1 aromatic heterocycles. The minimum atomic E-state index is -0.764. The third-order valence-electron chi connectivity index (χ3n) is 5.61. The Balaban J connectivity index is 1.52. The van der Waals surface area contributed by atoms with E-state index in [9.17, 15) is 14.4 Å². The van der Waals surface area contributed by atoms with Crippen LogP contribution in [-0.2, 0) is 9.59 Å². The predicted molar refractivity (Wildman–Crippen MR) is 121 cm³/mol. The van der Waals surface area contributed by atoms with Crippen LogP contribution < -0.4 is 5.32 Å². The van der Waals surface area contributed by atoms with Gasteiger partial charge in [0, 0.05) is 36.8 Å². The first-order chi connectivity index (χ1) is 15.4. The molecule has 1 N–H and O–H groups in total. The minimum absolute atomic E-state index is 0.126. The van der Waals surface area contributed by atoms with Crippen LogP contribution in [0.5, 0.6) is 0 Å². The van der Waals surface area contributed by atoms with E-state index >= 15 is 0 Å². The fourth-order valence-corrected chi connectivity index (χ4v) is 3.86. The Morgan fingerprint density at radius 1 is 1.00 bits per heavy atom. The summed E-state index contributed by atoms with van der Waals surface area (Å²) in [5.74, 6) is -0.0157. The number of anilines is 1. The molecule has 0 aliphatic carbocycles. The van der Waals surface area contributed by atoms with E-state index in [2.05, 4.69) is 5.32 Å². The molecule has 0 saturated carbocycles. The van der Waals surface area contributed by atoms with E-state index in [-0.39, 0.29) is 24.3 Å². The number of furan rings is 1. The molecule has 7 heteroatoms. The van der Waals surface area contributed by atoms with Crippen molar-refractivity contribution in [1.82, 2.24) is 9.80 Å². The summed E-state index contributed by atoms with van der Waals surface area (Å²) in [5, 5.41) is 2.87. The van der Waals surface area contributed by atoms with E-state index in [4.69, 9.17) is 4.42 Å². The molecule has 0 radical (unpaired) electrons. The van der Waals surface area contributed by atoms with Crippen molar-refractivity contribution >= 4 is 23.4 Å². The molecule has 164 valence electrons. The lowest BCUT2D eigenvalue weighted by molar-refractivity contribution is -0.139. The fraction of sp³-hybridized carbons (Fsp3) is 0.240. The molecule has 1 saturated heterocycles. The fourth-order valence-electron chi connectivity index (χ4n) is 3.86. The maximum absolute atomic E-state index is 13.2. The van der Waals surface area contributed by atoms with Crippen LogP contribution in [-0.4, -0.2) is 53.2 Å². The molecular weight excluding hydrogens is 406 g/mol. The predicted octanol–water partition coefficient (Wildman–Crippen LogP) is 3.57. The van der Waals surface area contributed by atoms with Gasteiger partial charge in [0.15, 0.2) is 0 Å². The molecule has 32 heavy (non-hydrogen) atoms. The smallest absolute Gasteiger partial charge is 0.254 e. The van der Waals surface area contributed by atoms with Crippen molar-refractivity contribution in [2.24, 2.45) is 0 Å². The molecule has 0 bridgehead atoms. The zero-order valence-corrected chi connectivity index (χ0v) is 18.1. The number of amides is 3. The minimum Gasteiger partial charge on any atom is -0.464 e. The molecule has 1 aliphatic rings. The lowest BCUT2D eigenvalue weighted by Gasteiger charge is -2.40. The quantitative estimate of drug-likeness (QED) is 0.685. The van der Waals surface area contributed by atoms with Gasteiger partial charge >= 0.3 is 0 Å². The van der Waals surface area contributed by atoms with Gasteiger partial charge in [-0.05, 0) is 43.3 Å². The van der Waals surface area contributed by atoms with Crippen LogP contribution in [0.4, 0.5) is 5.69 Å². The normalized spacial score (nSPS) is 16.0. The second-order valence-electron chi connectivity index (χ2n) is 7.89. The van der Waals surface area contributed by atoms with Crippen LogP contribution >= 0.6 is 0 Å². The molecule has 1 atom stereocenters. The van der Waals surface area contributed by atoms with E-state index in [1.54, 1.807) is 35.4 Å². The maximum atomic E-state index is 13.2.